The fraction of sp³-hybridized carbons (Fsp3) is 0.353. The van der Waals surface area contributed by atoms with Crippen LogP contribution in [0.15, 0.2) is 43.1 Å². The molecule has 2 aromatic rings. The number of H-pyrrole nitrogens is 1. The fourth-order valence-corrected chi connectivity index (χ4v) is 3.37. The third-order valence-electron chi connectivity index (χ3n) is 3.81. The number of carbonyl (C=O) groups is 1. The van der Waals surface area contributed by atoms with Crippen LogP contribution in [0.2, 0.25) is 0 Å². The van der Waals surface area contributed by atoms with Crippen molar-refractivity contribution in [2.24, 2.45) is 0 Å². The number of rotatable bonds is 9. The summed E-state index contributed by atoms with van der Waals surface area (Å²) in [7, 11) is -3.36. The second-order valence-corrected chi connectivity index (χ2v) is 7.60. The molecule has 24 heavy (non-hydrogen) atoms. The van der Waals surface area contributed by atoms with E-state index < -0.39 is 10.0 Å². The third-order valence-corrected chi connectivity index (χ3v) is 5.11. The molecule has 1 heterocycles. The van der Waals surface area contributed by atoms with E-state index in [-0.39, 0.29) is 18.9 Å². The van der Waals surface area contributed by atoms with Crippen molar-refractivity contribution in [2.45, 2.75) is 12.8 Å². The van der Waals surface area contributed by atoms with Gasteiger partial charge in [-0.15, -0.1) is 6.58 Å². The summed E-state index contributed by atoms with van der Waals surface area (Å²) < 4.78 is 25.3. The number of para-hydroxylation sites is 1. The zero-order valence-corrected chi connectivity index (χ0v) is 14.6. The van der Waals surface area contributed by atoms with Crippen molar-refractivity contribution in [2.75, 3.05) is 25.9 Å². The van der Waals surface area contributed by atoms with Gasteiger partial charge in [0, 0.05) is 43.2 Å². The van der Waals surface area contributed by atoms with Crippen molar-refractivity contribution in [1.82, 2.24) is 14.6 Å². The molecule has 0 bridgehead atoms. The Hall–Kier alpha value is -2.12. The molecule has 1 amide bonds. The van der Waals surface area contributed by atoms with Crippen LogP contribution in [-0.2, 0) is 21.2 Å². The maximum atomic E-state index is 12.0. The molecule has 130 valence electrons. The number of aromatic amines is 1. The van der Waals surface area contributed by atoms with Gasteiger partial charge in [-0.05, 0) is 18.1 Å². The van der Waals surface area contributed by atoms with Crippen LogP contribution in [0.4, 0.5) is 0 Å². The summed E-state index contributed by atoms with van der Waals surface area (Å²) in [6, 6.07) is 7.90. The molecule has 0 spiro atoms. The number of carbonyl (C=O) groups excluding carboxylic acids is 1. The zero-order valence-electron chi connectivity index (χ0n) is 13.8. The minimum absolute atomic E-state index is 0.134. The number of sulfonamides is 1. The summed E-state index contributed by atoms with van der Waals surface area (Å²) in [5, 5.41) is 3.74. The van der Waals surface area contributed by atoms with E-state index in [9.17, 15) is 13.2 Å². The summed E-state index contributed by atoms with van der Waals surface area (Å²) in [5.74, 6) is -0.185. The first-order valence-electron chi connectivity index (χ1n) is 7.79. The molecule has 0 fully saturated rings. The molecule has 0 radical (unpaired) electrons. The maximum absolute atomic E-state index is 12.0. The van der Waals surface area contributed by atoms with Crippen molar-refractivity contribution in [1.29, 1.82) is 0 Å². The van der Waals surface area contributed by atoms with Crippen LogP contribution in [0.1, 0.15) is 12.0 Å². The Morgan fingerprint density at radius 3 is 2.79 bits per heavy atom. The quantitative estimate of drug-likeness (QED) is 0.676. The number of nitrogens with one attached hydrogen (secondary N) is 2. The zero-order chi connectivity index (χ0) is 17.6. The lowest BCUT2D eigenvalue weighted by atomic mass is 10.1. The number of amides is 1. The van der Waals surface area contributed by atoms with Crippen molar-refractivity contribution >= 4 is 26.8 Å². The van der Waals surface area contributed by atoms with Crippen molar-refractivity contribution in [3.8, 4) is 0 Å². The largest absolute Gasteiger partial charge is 0.361 e. The highest BCUT2D eigenvalue weighted by Crippen LogP contribution is 2.18. The average Bonchev–Trinajstić information content (AvgIpc) is 2.95. The second-order valence-electron chi connectivity index (χ2n) is 5.61. The normalized spacial score (nSPS) is 11.8. The van der Waals surface area contributed by atoms with Gasteiger partial charge in [0.1, 0.15) is 0 Å². The number of aromatic nitrogens is 1. The number of hydrogen-bond acceptors (Lipinski definition) is 3. The van der Waals surface area contributed by atoms with Crippen LogP contribution in [0.25, 0.3) is 10.9 Å². The molecule has 1 aromatic heterocycles. The van der Waals surface area contributed by atoms with Crippen LogP contribution < -0.4 is 5.32 Å². The Balaban J connectivity index is 1.99. The SMILES string of the molecule is C=CCNC(=O)CCN(CCc1c[nH]c2ccccc12)S(C)(=O)=O. The van der Waals surface area contributed by atoms with Gasteiger partial charge in [-0.1, -0.05) is 24.3 Å². The van der Waals surface area contributed by atoms with Crippen molar-refractivity contribution in [3.63, 3.8) is 0 Å². The Bertz CT molecular complexity index is 811. The summed E-state index contributed by atoms with van der Waals surface area (Å²) in [5.41, 5.74) is 2.09. The predicted molar refractivity (Wildman–Crippen MR) is 96.2 cm³/mol. The molecule has 0 saturated heterocycles. The van der Waals surface area contributed by atoms with Crippen molar-refractivity contribution < 1.29 is 13.2 Å². The fourth-order valence-electron chi connectivity index (χ4n) is 2.53. The number of nitrogens with zero attached hydrogens (tertiary/aromatic N) is 1. The lowest BCUT2D eigenvalue weighted by Gasteiger charge is -2.19. The first kappa shape index (κ1) is 18.2. The van der Waals surface area contributed by atoms with Crippen LogP contribution in [0, 0.1) is 0 Å². The molecule has 7 heteroatoms. The van der Waals surface area contributed by atoms with E-state index in [1.54, 1.807) is 6.08 Å². The van der Waals surface area contributed by atoms with Crippen LogP contribution in [-0.4, -0.2) is 49.5 Å². The monoisotopic (exact) mass is 349 g/mol. The highest BCUT2D eigenvalue weighted by molar-refractivity contribution is 7.88. The van der Waals surface area contributed by atoms with Gasteiger partial charge in [-0.2, -0.15) is 0 Å². The summed E-state index contributed by atoms with van der Waals surface area (Å²) in [6.45, 7) is 4.42. The summed E-state index contributed by atoms with van der Waals surface area (Å²) in [6.07, 6.45) is 5.38. The van der Waals surface area contributed by atoms with Crippen molar-refractivity contribution in [3.05, 3.63) is 48.7 Å². The highest BCUT2D eigenvalue weighted by Gasteiger charge is 2.18. The van der Waals surface area contributed by atoms with Crippen LogP contribution >= 0.6 is 0 Å². The molecule has 6 nitrogen and oxygen atoms in total. The van der Waals surface area contributed by atoms with Gasteiger partial charge < -0.3 is 10.3 Å². The van der Waals surface area contributed by atoms with E-state index in [1.807, 2.05) is 30.5 Å². The molecule has 0 unspecified atom stereocenters. The van der Waals surface area contributed by atoms with E-state index in [4.69, 9.17) is 0 Å². The number of hydrogen-bond donors (Lipinski definition) is 2. The lowest BCUT2D eigenvalue weighted by molar-refractivity contribution is -0.120. The van der Waals surface area contributed by atoms with Gasteiger partial charge in [0.15, 0.2) is 0 Å². The molecule has 0 aliphatic heterocycles. The molecular formula is C17H23N3O3S. The van der Waals surface area contributed by atoms with Gasteiger partial charge in [-0.25, -0.2) is 12.7 Å². The molecule has 2 rings (SSSR count). The Kier molecular flexibility index (Phi) is 6.16. The number of benzene rings is 1. The maximum Gasteiger partial charge on any atom is 0.221 e. The van der Waals surface area contributed by atoms with Gasteiger partial charge in [-0.3, -0.25) is 4.79 Å². The molecule has 1 aromatic carbocycles. The van der Waals surface area contributed by atoms with E-state index >= 15 is 0 Å². The number of fused-ring (bicyclic) bond motifs is 1. The second kappa shape index (κ2) is 8.12. The first-order valence-corrected chi connectivity index (χ1v) is 9.64. The summed E-state index contributed by atoms with van der Waals surface area (Å²) in [4.78, 5) is 14.8. The van der Waals surface area contributed by atoms with Gasteiger partial charge in [0.05, 0.1) is 6.26 Å². The van der Waals surface area contributed by atoms with Gasteiger partial charge in [0.25, 0.3) is 0 Å². The minimum atomic E-state index is -3.36. The topological polar surface area (TPSA) is 82.3 Å². The molecule has 0 saturated carbocycles. The Morgan fingerprint density at radius 2 is 2.08 bits per heavy atom. The highest BCUT2D eigenvalue weighted by atomic mass is 32.2. The lowest BCUT2D eigenvalue weighted by Crippen LogP contribution is -2.36. The van der Waals surface area contributed by atoms with E-state index in [1.165, 1.54) is 10.6 Å². The van der Waals surface area contributed by atoms with Crippen LogP contribution in [0.3, 0.4) is 0 Å². The molecular weight excluding hydrogens is 326 g/mol. The van der Waals surface area contributed by atoms with Crippen LogP contribution in [0.5, 0.6) is 0 Å². The Labute approximate surface area is 142 Å². The summed E-state index contributed by atoms with van der Waals surface area (Å²) >= 11 is 0. The average molecular weight is 349 g/mol. The third kappa shape index (κ3) is 4.94. The predicted octanol–water partition coefficient (Wildman–Crippen LogP) is 1.66. The smallest absolute Gasteiger partial charge is 0.221 e. The minimum Gasteiger partial charge on any atom is -0.361 e. The molecule has 0 aliphatic carbocycles. The molecule has 2 N–H and O–H groups in total. The van der Waals surface area contributed by atoms with E-state index in [2.05, 4.69) is 16.9 Å². The Morgan fingerprint density at radius 1 is 1.33 bits per heavy atom. The first-order chi connectivity index (χ1) is 11.4. The van der Waals surface area contributed by atoms with Gasteiger partial charge >= 0.3 is 0 Å². The standard InChI is InChI=1S/C17H23N3O3S/c1-3-10-18-17(21)9-12-20(24(2,22)23)11-8-14-13-19-16-7-5-4-6-15(14)16/h3-7,13,19H,1,8-12H2,2H3,(H,18,21). The molecule has 0 aliphatic rings. The van der Waals surface area contributed by atoms with E-state index in [0.29, 0.717) is 19.5 Å². The van der Waals surface area contributed by atoms with E-state index in [0.717, 1.165) is 16.5 Å². The molecule has 0 atom stereocenters. The van der Waals surface area contributed by atoms with Gasteiger partial charge in [0.2, 0.25) is 15.9 Å².